The SMILES string of the molecule is Nc1nc(N)nc(N2CCC(CO)(CCCc3ccccc3)CC2)n1. The van der Waals surface area contributed by atoms with Gasteiger partial charge in [-0.25, -0.2) is 0 Å². The van der Waals surface area contributed by atoms with Crippen LogP contribution in [0, 0.1) is 5.41 Å². The summed E-state index contributed by atoms with van der Waals surface area (Å²) in [7, 11) is 0. The molecule has 1 aliphatic heterocycles. The predicted octanol–water partition coefficient (Wildman–Crippen LogP) is 1.64. The highest BCUT2D eigenvalue weighted by Gasteiger charge is 2.34. The van der Waals surface area contributed by atoms with Crippen LogP contribution in [0.15, 0.2) is 30.3 Å². The second-order valence-corrected chi connectivity index (χ2v) is 6.84. The van der Waals surface area contributed by atoms with Gasteiger partial charge in [0, 0.05) is 19.7 Å². The Hall–Kier alpha value is -2.41. The molecule has 0 spiro atoms. The van der Waals surface area contributed by atoms with Gasteiger partial charge >= 0.3 is 0 Å². The van der Waals surface area contributed by atoms with Gasteiger partial charge in [-0.1, -0.05) is 30.3 Å². The molecule has 7 heteroatoms. The number of anilines is 3. The first-order valence-corrected chi connectivity index (χ1v) is 8.77. The fourth-order valence-electron chi connectivity index (χ4n) is 3.52. The van der Waals surface area contributed by atoms with Crippen molar-refractivity contribution in [3.8, 4) is 0 Å². The van der Waals surface area contributed by atoms with Crippen LogP contribution < -0.4 is 16.4 Å². The Morgan fingerprint density at radius 2 is 1.64 bits per heavy atom. The van der Waals surface area contributed by atoms with E-state index in [4.69, 9.17) is 11.5 Å². The van der Waals surface area contributed by atoms with Gasteiger partial charge in [0.15, 0.2) is 0 Å². The third-order valence-corrected chi connectivity index (χ3v) is 5.12. The van der Waals surface area contributed by atoms with E-state index in [-0.39, 0.29) is 23.9 Å². The molecule has 0 radical (unpaired) electrons. The van der Waals surface area contributed by atoms with Gasteiger partial charge in [-0.05, 0) is 43.1 Å². The fourth-order valence-corrected chi connectivity index (χ4v) is 3.52. The molecule has 2 heterocycles. The summed E-state index contributed by atoms with van der Waals surface area (Å²) in [6.45, 7) is 1.79. The lowest BCUT2D eigenvalue weighted by Crippen LogP contribution is -2.43. The van der Waals surface area contributed by atoms with Gasteiger partial charge < -0.3 is 21.5 Å². The van der Waals surface area contributed by atoms with Crippen LogP contribution in [0.1, 0.15) is 31.2 Å². The second kappa shape index (κ2) is 7.65. The van der Waals surface area contributed by atoms with Crippen molar-refractivity contribution >= 4 is 17.8 Å². The molecule has 0 saturated carbocycles. The Morgan fingerprint density at radius 1 is 1.00 bits per heavy atom. The van der Waals surface area contributed by atoms with Crippen molar-refractivity contribution in [1.82, 2.24) is 15.0 Å². The lowest BCUT2D eigenvalue weighted by atomic mass is 9.75. The minimum atomic E-state index is -0.0185. The molecule has 134 valence electrons. The Balaban J connectivity index is 1.56. The van der Waals surface area contributed by atoms with Crippen molar-refractivity contribution < 1.29 is 5.11 Å². The molecule has 25 heavy (non-hydrogen) atoms. The van der Waals surface area contributed by atoms with E-state index in [2.05, 4.69) is 44.1 Å². The van der Waals surface area contributed by atoms with Crippen molar-refractivity contribution in [2.45, 2.75) is 32.1 Å². The van der Waals surface area contributed by atoms with E-state index < -0.39 is 0 Å². The predicted molar refractivity (Wildman–Crippen MR) is 99.0 cm³/mol. The molecule has 3 rings (SSSR count). The maximum atomic E-state index is 9.98. The fraction of sp³-hybridized carbons (Fsp3) is 0.500. The van der Waals surface area contributed by atoms with Crippen molar-refractivity contribution in [3.63, 3.8) is 0 Å². The highest BCUT2D eigenvalue weighted by molar-refractivity contribution is 5.40. The minimum absolute atomic E-state index is 0.0185. The van der Waals surface area contributed by atoms with Crippen LogP contribution in [0.4, 0.5) is 17.8 Å². The van der Waals surface area contributed by atoms with Crippen LogP contribution in [-0.2, 0) is 6.42 Å². The van der Waals surface area contributed by atoms with E-state index in [1.807, 2.05) is 6.07 Å². The molecular formula is C18H26N6O. The van der Waals surface area contributed by atoms with Gasteiger partial charge in [0.2, 0.25) is 17.8 Å². The van der Waals surface area contributed by atoms with E-state index in [1.165, 1.54) is 5.56 Å². The summed E-state index contributed by atoms with van der Waals surface area (Å²) in [6.07, 6.45) is 4.96. The molecule has 0 unspecified atom stereocenters. The molecule has 1 aromatic heterocycles. The highest BCUT2D eigenvalue weighted by atomic mass is 16.3. The molecule has 1 aromatic carbocycles. The Kier molecular flexibility index (Phi) is 5.33. The van der Waals surface area contributed by atoms with Gasteiger partial charge in [-0.15, -0.1) is 0 Å². The molecule has 2 aromatic rings. The van der Waals surface area contributed by atoms with E-state index in [9.17, 15) is 5.11 Å². The number of nitrogen functional groups attached to an aromatic ring is 2. The average Bonchev–Trinajstić information content (AvgIpc) is 2.62. The summed E-state index contributed by atoms with van der Waals surface area (Å²) in [6, 6.07) is 10.5. The molecule has 0 amide bonds. The Morgan fingerprint density at radius 3 is 2.24 bits per heavy atom. The molecular weight excluding hydrogens is 316 g/mol. The first kappa shape index (κ1) is 17.4. The molecule has 1 saturated heterocycles. The third kappa shape index (κ3) is 4.36. The van der Waals surface area contributed by atoms with Crippen molar-refractivity contribution in [2.75, 3.05) is 36.1 Å². The number of hydrogen-bond donors (Lipinski definition) is 3. The van der Waals surface area contributed by atoms with Gasteiger partial charge in [0.05, 0.1) is 0 Å². The number of rotatable bonds is 6. The molecule has 0 bridgehead atoms. The number of aliphatic hydroxyl groups excluding tert-OH is 1. The number of aromatic nitrogens is 3. The Labute approximate surface area is 148 Å². The van der Waals surface area contributed by atoms with Crippen molar-refractivity contribution in [2.24, 2.45) is 5.41 Å². The topological polar surface area (TPSA) is 114 Å². The van der Waals surface area contributed by atoms with Crippen LogP contribution in [-0.4, -0.2) is 39.8 Å². The summed E-state index contributed by atoms with van der Waals surface area (Å²) in [5, 5.41) is 9.98. The van der Waals surface area contributed by atoms with E-state index in [0.29, 0.717) is 5.95 Å². The highest BCUT2D eigenvalue weighted by Crippen LogP contribution is 2.37. The normalized spacial score (nSPS) is 16.8. The molecule has 0 aliphatic carbocycles. The number of benzene rings is 1. The van der Waals surface area contributed by atoms with Gasteiger partial charge in [0.25, 0.3) is 0 Å². The summed E-state index contributed by atoms with van der Waals surface area (Å²) in [5.41, 5.74) is 12.6. The zero-order valence-corrected chi connectivity index (χ0v) is 14.4. The number of nitrogens with zero attached hydrogens (tertiary/aromatic N) is 4. The van der Waals surface area contributed by atoms with Crippen LogP contribution >= 0.6 is 0 Å². The summed E-state index contributed by atoms with van der Waals surface area (Å²) in [5.74, 6) is 0.814. The monoisotopic (exact) mass is 342 g/mol. The number of aryl methyl sites for hydroxylation is 1. The molecule has 1 fully saturated rings. The number of aliphatic hydroxyl groups is 1. The maximum Gasteiger partial charge on any atom is 0.231 e. The first-order valence-electron chi connectivity index (χ1n) is 8.77. The van der Waals surface area contributed by atoms with Gasteiger partial charge in [0.1, 0.15) is 0 Å². The Bertz CT molecular complexity index is 665. The molecule has 5 N–H and O–H groups in total. The van der Waals surface area contributed by atoms with Crippen LogP contribution in [0.5, 0.6) is 0 Å². The zero-order valence-electron chi connectivity index (χ0n) is 14.4. The summed E-state index contributed by atoms with van der Waals surface area (Å²) >= 11 is 0. The van der Waals surface area contributed by atoms with Crippen LogP contribution in [0.2, 0.25) is 0 Å². The quantitative estimate of drug-likeness (QED) is 0.731. The maximum absolute atomic E-state index is 9.98. The van der Waals surface area contributed by atoms with Gasteiger partial charge in [-0.3, -0.25) is 0 Å². The minimum Gasteiger partial charge on any atom is -0.396 e. The standard InChI is InChI=1S/C18H26N6O/c19-15-21-16(20)23-17(22-15)24-11-9-18(13-25,10-12-24)8-4-7-14-5-2-1-3-6-14/h1-3,5-6,25H,4,7-13H2,(H4,19,20,21,22,23). The van der Waals surface area contributed by atoms with Crippen LogP contribution in [0.3, 0.4) is 0 Å². The van der Waals surface area contributed by atoms with E-state index in [1.54, 1.807) is 0 Å². The first-order chi connectivity index (χ1) is 12.1. The number of piperidine rings is 1. The van der Waals surface area contributed by atoms with E-state index >= 15 is 0 Å². The lowest BCUT2D eigenvalue weighted by Gasteiger charge is -2.41. The molecule has 1 aliphatic rings. The smallest absolute Gasteiger partial charge is 0.231 e. The number of nitrogens with two attached hydrogens (primary N) is 2. The number of hydrogen-bond acceptors (Lipinski definition) is 7. The van der Waals surface area contributed by atoms with Crippen molar-refractivity contribution in [1.29, 1.82) is 0 Å². The second-order valence-electron chi connectivity index (χ2n) is 6.84. The zero-order chi connectivity index (χ0) is 17.7. The molecule has 0 atom stereocenters. The molecule has 7 nitrogen and oxygen atoms in total. The summed E-state index contributed by atoms with van der Waals surface area (Å²) < 4.78 is 0. The average molecular weight is 342 g/mol. The third-order valence-electron chi connectivity index (χ3n) is 5.12. The lowest BCUT2D eigenvalue weighted by molar-refractivity contribution is 0.0847. The largest absolute Gasteiger partial charge is 0.396 e. The van der Waals surface area contributed by atoms with E-state index in [0.717, 1.165) is 45.2 Å². The van der Waals surface area contributed by atoms with Crippen molar-refractivity contribution in [3.05, 3.63) is 35.9 Å². The van der Waals surface area contributed by atoms with Crippen LogP contribution in [0.25, 0.3) is 0 Å². The summed E-state index contributed by atoms with van der Waals surface area (Å²) in [4.78, 5) is 14.2. The van der Waals surface area contributed by atoms with Gasteiger partial charge in [-0.2, -0.15) is 15.0 Å².